The minimum atomic E-state index is -0.297. The number of benzene rings is 3. The van der Waals surface area contributed by atoms with Gasteiger partial charge >= 0.3 is 0 Å². The Hall–Kier alpha value is -4.92. The number of piperazine rings is 1. The zero-order valence-electron chi connectivity index (χ0n) is 24.1. The Kier molecular flexibility index (Phi) is 8.96. The molecule has 2 heterocycles. The normalized spacial score (nSPS) is 13.8. The lowest BCUT2D eigenvalue weighted by Crippen LogP contribution is -2.52. The van der Waals surface area contributed by atoms with Gasteiger partial charge in [0.05, 0.1) is 26.0 Å². The van der Waals surface area contributed by atoms with Crippen molar-refractivity contribution in [3.05, 3.63) is 102 Å². The summed E-state index contributed by atoms with van der Waals surface area (Å²) in [6.45, 7) is 4.24. The molecular weight excluding hydrogens is 530 g/mol. The summed E-state index contributed by atoms with van der Waals surface area (Å²) in [5.41, 5.74) is 3.18. The molecule has 1 saturated heterocycles. The van der Waals surface area contributed by atoms with Gasteiger partial charge in [-0.2, -0.15) is 0 Å². The summed E-state index contributed by atoms with van der Waals surface area (Å²) in [7, 11) is 3.21. The number of nitrogens with zero attached hydrogens (tertiary/aromatic N) is 5. The van der Waals surface area contributed by atoms with Crippen molar-refractivity contribution in [1.82, 2.24) is 20.0 Å². The highest BCUT2D eigenvalue weighted by atomic mass is 16.5. The third kappa shape index (κ3) is 6.52. The fourth-order valence-corrected chi connectivity index (χ4v) is 5.06. The highest BCUT2D eigenvalue weighted by molar-refractivity contribution is 5.97. The third-order valence-corrected chi connectivity index (χ3v) is 7.63. The van der Waals surface area contributed by atoms with Crippen molar-refractivity contribution in [2.24, 2.45) is 0 Å². The summed E-state index contributed by atoms with van der Waals surface area (Å²) >= 11 is 0. The van der Waals surface area contributed by atoms with Crippen molar-refractivity contribution in [3.63, 3.8) is 0 Å². The number of rotatable bonds is 9. The molecule has 0 unspecified atom stereocenters. The van der Waals surface area contributed by atoms with Crippen molar-refractivity contribution in [1.29, 1.82) is 0 Å². The van der Waals surface area contributed by atoms with E-state index in [1.807, 2.05) is 78.6 Å². The fourth-order valence-electron chi connectivity index (χ4n) is 5.06. The molecule has 0 spiro atoms. The van der Waals surface area contributed by atoms with Crippen LogP contribution in [0, 0.1) is 0 Å². The van der Waals surface area contributed by atoms with Crippen LogP contribution in [0.5, 0.6) is 11.5 Å². The smallest absolute Gasteiger partial charge is 0.254 e. The summed E-state index contributed by atoms with van der Waals surface area (Å²) in [5.74, 6) is 1.85. The van der Waals surface area contributed by atoms with Gasteiger partial charge in [-0.1, -0.05) is 36.4 Å². The summed E-state index contributed by atoms with van der Waals surface area (Å²) in [6, 6.07) is 28.1. The van der Waals surface area contributed by atoms with E-state index in [2.05, 4.69) is 15.1 Å². The minimum Gasteiger partial charge on any atom is -0.497 e. The number of carbonyl (C=O) groups is 2. The number of hydrogen-bond donors (Lipinski definition) is 0. The van der Waals surface area contributed by atoms with E-state index in [0.717, 1.165) is 28.4 Å². The van der Waals surface area contributed by atoms with Gasteiger partial charge in [0.15, 0.2) is 5.82 Å². The molecule has 4 aromatic rings. The number of carbonyl (C=O) groups excluding carboxylic acids is 2. The van der Waals surface area contributed by atoms with Crippen LogP contribution in [0.15, 0.2) is 91.0 Å². The van der Waals surface area contributed by atoms with Gasteiger partial charge in [-0.25, -0.2) is 0 Å². The van der Waals surface area contributed by atoms with Gasteiger partial charge < -0.3 is 24.2 Å². The maximum absolute atomic E-state index is 13.7. The van der Waals surface area contributed by atoms with Crippen molar-refractivity contribution in [2.75, 3.05) is 51.8 Å². The second-order valence-electron chi connectivity index (χ2n) is 10.1. The van der Waals surface area contributed by atoms with Crippen LogP contribution in [0.1, 0.15) is 28.9 Å². The third-order valence-electron chi connectivity index (χ3n) is 7.63. The summed E-state index contributed by atoms with van der Waals surface area (Å²) in [5, 5.41) is 8.86. The lowest BCUT2D eigenvalue weighted by atomic mass is 10.1. The zero-order valence-corrected chi connectivity index (χ0v) is 24.1. The molecule has 1 atom stereocenters. The predicted molar refractivity (Wildman–Crippen MR) is 162 cm³/mol. The maximum atomic E-state index is 13.7. The van der Waals surface area contributed by atoms with Gasteiger partial charge in [0, 0.05) is 37.3 Å². The summed E-state index contributed by atoms with van der Waals surface area (Å²) in [6.07, 6.45) is 0. The van der Waals surface area contributed by atoms with E-state index in [1.165, 1.54) is 0 Å². The second-order valence-corrected chi connectivity index (χ2v) is 10.1. The number of anilines is 1. The Bertz CT molecular complexity index is 1490. The van der Waals surface area contributed by atoms with Crippen LogP contribution in [-0.4, -0.2) is 78.8 Å². The van der Waals surface area contributed by atoms with E-state index in [0.29, 0.717) is 37.5 Å². The van der Waals surface area contributed by atoms with E-state index < -0.39 is 0 Å². The Morgan fingerprint density at radius 2 is 1.52 bits per heavy atom. The molecule has 216 valence electrons. The SMILES string of the molecule is COc1ccc(-c2ccc(N3CCN(C(=O)CN(C(=O)c4cccc(OC)c4)[C@H](C)c4ccccc4)CC3)nn2)cc1. The van der Waals surface area contributed by atoms with Crippen molar-refractivity contribution < 1.29 is 19.1 Å². The Morgan fingerprint density at radius 3 is 2.17 bits per heavy atom. The topological polar surface area (TPSA) is 88.1 Å². The molecule has 0 saturated carbocycles. The molecule has 3 aromatic carbocycles. The van der Waals surface area contributed by atoms with Crippen LogP contribution in [0.25, 0.3) is 11.3 Å². The molecule has 0 N–H and O–H groups in total. The summed E-state index contributed by atoms with van der Waals surface area (Å²) < 4.78 is 10.6. The molecule has 9 heteroatoms. The number of amides is 2. The van der Waals surface area contributed by atoms with E-state index in [1.54, 1.807) is 43.4 Å². The molecule has 0 bridgehead atoms. The van der Waals surface area contributed by atoms with Gasteiger partial charge in [0.1, 0.15) is 18.0 Å². The van der Waals surface area contributed by atoms with E-state index in [4.69, 9.17) is 9.47 Å². The van der Waals surface area contributed by atoms with Gasteiger partial charge in [-0.15, -0.1) is 10.2 Å². The second kappa shape index (κ2) is 13.2. The molecule has 0 aliphatic carbocycles. The first kappa shape index (κ1) is 28.6. The van der Waals surface area contributed by atoms with Crippen molar-refractivity contribution >= 4 is 17.6 Å². The molecule has 1 aliphatic heterocycles. The van der Waals surface area contributed by atoms with Crippen molar-refractivity contribution in [2.45, 2.75) is 13.0 Å². The molecule has 5 rings (SSSR count). The standard InChI is InChI=1S/C33H35N5O4/c1-24(25-8-5-4-6-9-25)38(33(40)27-10-7-11-29(22-27)42-3)23-32(39)37-20-18-36(19-21-37)31-17-16-30(34-35-31)26-12-14-28(41-2)15-13-26/h4-17,22,24H,18-21,23H2,1-3H3/t24-/m1/s1. The maximum Gasteiger partial charge on any atom is 0.254 e. The highest BCUT2D eigenvalue weighted by Crippen LogP contribution is 2.25. The van der Waals surface area contributed by atoms with Crippen LogP contribution in [-0.2, 0) is 4.79 Å². The Labute approximate surface area is 246 Å². The van der Waals surface area contributed by atoms with Gasteiger partial charge in [-0.3, -0.25) is 9.59 Å². The lowest BCUT2D eigenvalue weighted by molar-refractivity contribution is -0.132. The lowest BCUT2D eigenvalue weighted by Gasteiger charge is -2.37. The van der Waals surface area contributed by atoms with Crippen LogP contribution >= 0.6 is 0 Å². The number of hydrogen-bond acceptors (Lipinski definition) is 7. The largest absolute Gasteiger partial charge is 0.497 e. The van der Waals surface area contributed by atoms with Gasteiger partial charge in [0.25, 0.3) is 5.91 Å². The average Bonchev–Trinajstić information content (AvgIpc) is 3.07. The van der Waals surface area contributed by atoms with Crippen LogP contribution in [0.3, 0.4) is 0 Å². The first-order valence-corrected chi connectivity index (χ1v) is 14.0. The Balaban J connectivity index is 1.24. The fraction of sp³-hybridized carbons (Fsp3) is 0.273. The predicted octanol–water partition coefficient (Wildman–Crippen LogP) is 4.71. The van der Waals surface area contributed by atoms with Gasteiger partial charge in [-0.05, 0) is 67.1 Å². The van der Waals surface area contributed by atoms with Crippen LogP contribution in [0.2, 0.25) is 0 Å². The van der Waals surface area contributed by atoms with Crippen molar-refractivity contribution in [3.8, 4) is 22.8 Å². The number of methoxy groups -OCH3 is 2. The molecule has 9 nitrogen and oxygen atoms in total. The van der Waals surface area contributed by atoms with Gasteiger partial charge in [0.2, 0.25) is 5.91 Å². The first-order chi connectivity index (χ1) is 20.5. The monoisotopic (exact) mass is 565 g/mol. The minimum absolute atomic E-state index is 0.0253. The van der Waals surface area contributed by atoms with E-state index >= 15 is 0 Å². The van der Waals surface area contributed by atoms with Crippen LogP contribution < -0.4 is 14.4 Å². The molecular formula is C33H35N5O4. The molecule has 42 heavy (non-hydrogen) atoms. The molecule has 2 amide bonds. The highest BCUT2D eigenvalue weighted by Gasteiger charge is 2.29. The number of ether oxygens (including phenoxy) is 2. The molecule has 1 aliphatic rings. The quantitative estimate of drug-likeness (QED) is 0.290. The molecule has 1 fully saturated rings. The zero-order chi connectivity index (χ0) is 29.5. The Morgan fingerprint density at radius 1 is 0.810 bits per heavy atom. The average molecular weight is 566 g/mol. The molecule has 0 radical (unpaired) electrons. The number of aromatic nitrogens is 2. The van der Waals surface area contributed by atoms with E-state index in [-0.39, 0.29) is 24.4 Å². The summed E-state index contributed by atoms with van der Waals surface area (Å²) in [4.78, 5) is 32.8. The first-order valence-electron chi connectivity index (χ1n) is 14.0. The molecule has 1 aromatic heterocycles. The van der Waals surface area contributed by atoms with Crippen LogP contribution in [0.4, 0.5) is 5.82 Å². The van der Waals surface area contributed by atoms with E-state index in [9.17, 15) is 9.59 Å².